The maximum atomic E-state index is 9.43. The van der Waals surface area contributed by atoms with Gasteiger partial charge < -0.3 is 15.6 Å². The first-order valence-electron chi connectivity index (χ1n) is 5.38. The summed E-state index contributed by atoms with van der Waals surface area (Å²) < 4.78 is 5.37. The third-order valence-corrected chi connectivity index (χ3v) is 3.09. The Labute approximate surface area is 89.9 Å². The Morgan fingerprint density at radius 2 is 2.40 bits per heavy atom. The largest absolute Gasteiger partial charge is 0.508 e. The molecular formula is C12H17NO2. The highest BCUT2D eigenvalue weighted by Gasteiger charge is 2.25. The minimum Gasteiger partial charge on any atom is -0.508 e. The van der Waals surface area contributed by atoms with Crippen molar-refractivity contribution in [2.24, 2.45) is 11.7 Å². The zero-order chi connectivity index (χ0) is 10.7. The smallest absolute Gasteiger partial charge is 0.115 e. The number of benzene rings is 1. The molecule has 1 aliphatic heterocycles. The summed E-state index contributed by atoms with van der Waals surface area (Å²) in [5, 5.41) is 9.43. The molecule has 0 radical (unpaired) electrons. The van der Waals surface area contributed by atoms with Gasteiger partial charge in [-0.25, -0.2) is 0 Å². The molecule has 3 N–H and O–H groups in total. The zero-order valence-electron chi connectivity index (χ0n) is 8.73. The Bertz CT molecular complexity index is 321. The monoisotopic (exact) mass is 207 g/mol. The van der Waals surface area contributed by atoms with Gasteiger partial charge in [-0.1, -0.05) is 12.1 Å². The summed E-state index contributed by atoms with van der Waals surface area (Å²) in [5.74, 6) is 1.11. The average Bonchev–Trinajstić information content (AvgIpc) is 2.72. The van der Waals surface area contributed by atoms with E-state index < -0.39 is 0 Å². The van der Waals surface area contributed by atoms with E-state index in [2.05, 4.69) is 0 Å². The van der Waals surface area contributed by atoms with Crippen molar-refractivity contribution in [1.82, 2.24) is 0 Å². The first-order chi connectivity index (χ1) is 7.31. The van der Waals surface area contributed by atoms with Crippen molar-refractivity contribution >= 4 is 0 Å². The van der Waals surface area contributed by atoms with Gasteiger partial charge in [-0.3, -0.25) is 0 Å². The number of phenolic OH excluding ortho intramolecular Hbond substituents is 1. The Morgan fingerprint density at radius 1 is 1.53 bits per heavy atom. The fraction of sp³-hybridized carbons (Fsp3) is 0.500. The molecule has 0 spiro atoms. The van der Waals surface area contributed by atoms with Crippen LogP contribution in [0.2, 0.25) is 0 Å². The van der Waals surface area contributed by atoms with Crippen LogP contribution < -0.4 is 5.73 Å². The van der Waals surface area contributed by atoms with Gasteiger partial charge in [0.15, 0.2) is 0 Å². The van der Waals surface area contributed by atoms with Crippen LogP contribution in [0.5, 0.6) is 5.75 Å². The molecular weight excluding hydrogens is 190 g/mol. The summed E-state index contributed by atoms with van der Waals surface area (Å²) in [7, 11) is 0. The molecule has 1 aliphatic rings. The normalized spacial score (nSPS) is 22.9. The molecule has 2 rings (SSSR count). The first-order valence-corrected chi connectivity index (χ1v) is 5.38. The van der Waals surface area contributed by atoms with Crippen molar-refractivity contribution in [3.63, 3.8) is 0 Å². The van der Waals surface area contributed by atoms with E-state index >= 15 is 0 Å². The molecule has 2 atom stereocenters. The van der Waals surface area contributed by atoms with Crippen LogP contribution in [-0.2, 0) is 4.74 Å². The second-order valence-electron chi connectivity index (χ2n) is 4.06. The number of ether oxygens (including phenoxy) is 1. The fourth-order valence-corrected chi connectivity index (χ4v) is 2.23. The van der Waals surface area contributed by atoms with Gasteiger partial charge in [0.2, 0.25) is 0 Å². The maximum absolute atomic E-state index is 9.43. The molecule has 1 aromatic carbocycles. The Morgan fingerprint density at radius 3 is 3.00 bits per heavy atom. The van der Waals surface area contributed by atoms with Gasteiger partial charge in [0.25, 0.3) is 0 Å². The third kappa shape index (κ3) is 2.30. The van der Waals surface area contributed by atoms with E-state index in [0.717, 1.165) is 25.2 Å². The van der Waals surface area contributed by atoms with Gasteiger partial charge in [0.1, 0.15) is 5.75 Å². The molecule has 2 unspecified atom stereocenters. The van der Waals surface area contributed by atoms with Gasteiger partial charge in [0, 0.05) is 12.5 Å². The predicted octanol–water partition coefficient (Wildman–Crippen LogP) is 1.47. The predicted molar refractivity (Wildman–Crippen MR) is 58.8 cm³/mol. The average molecular weight is 207 g/mol. The summed E-state index contributed by atoms with van der Waals surface area (Å²) in [5.41, 5.74) is 6.92. The molecule has 1 heterocycles. The molecule has 0 bridgehead atoms. The first kappa shape index (κ1) is 10.5. The lowest BCUT2D eigenvalue weighted by molar-refractivity contribution is 0.181. The van der Waals surface area contributed by atoms with Gasteiger partial charge in [-0.2, -0.15) is 0 Å². The summed E-state index contributed by atoms with van der Waals surface area (Å²) in [4.78, 5) is 0. The van der Waals surface area contributed by atoms with Crippen molar-refractivity contribution in [1.29, 1.82) is 0 Å². The molecule has 0 aromatic heterocycles. The van der Waals surface area contributed by atoms with E-state index in [1.165, 1.54) is 0 Å². The molecule has 0 aliphatic carbocycles. The van der Waals surface area contributed by atoms with E-state index in [0.29, 0.717) is 24.1 Å². The molecule has 15 heavy (non-hydrogen) atoms. The van der Waals surface area contributed by atoms with Crippen molar-refractivity contribution in [3.8, 4) is 5.75 Å². The zero-order valence-corrected chi connectivity index (χ0v) is 8.73. The van der Waals surface area contributed by atoms with E-state index in [4.69, 9.17) is 10.5 Å². The molecule has 3 nitrogen and oxygen atoms in total. The van der Waals surface area contributed by atoms with Crippen LogP contribution >= 0.6 is 0 Å². The molecule has 0 saturated carbocycles. The molecule has 3 heteroatoms. The standard InChI is InChI=1S/C12H17NO2/c13-7-12(10-4-5-15-8-10)9-2-1-3-11(14)6-9/h1-3,6,10,12,14H,4-5,7-8,13H2. The number of aromatic hydroxyl groups is 1. The molecule has 1 saturated heterocycles. The Hall–Kier alpha value is -1.06. The summed E-state index contributed by atoms with van der Waals surface area (Å²) in [6, 6.07) is 7.37. The van der Waals surface area contributed by atoms with Crippen LogP contribution in [-0.4, -0.2) is 24.9 Å². The highest BCUT2D eigenvalue weighted by atomic mass is 16.5. The maximum Gasteiger partial charge on any atom is 0.115 e. The fourth-order valence-electron chi connectivity index (χ4n) is 2.23. The number of phenols is 1. The number of rotatable bonds is 3. The van der Waals surface area contributed by atoms with Crippen molar-refractivity contribution in [3.05, 3.63) is 29.8 Å². The van der Waals surface area contributed by atoms with Gasteiger partial charge >= 0.3 is 0 Å². The minimum absolute atomic E-state index is 0.305. The van der Waals surface area contributed by atoms with Crippen LogP contribution in [0.3, 0.4) is 0 Å². The highest BCUT2D eigenvalue weighted by Crippen LogP contribution is 2.31. The quantitative estimate of drug-likeness (QED) is 0.789. The van der Waals surface area contributed by atoms with Gasteiger partial charge in [-0.05, 0) is 36.6 Å². The SMILES string of the molecule is NCC(c1cccc(O)c1)C1CCOC1. The van der Waals surface area contributed by atoms with Crippen LogP contribution in [0.25, 0.3) is 0 Å². The summed E-state index contributed by atoms with van der Waals surface area (Å²) in [6.07, 6.45) is 1.07. The number of hydrogen-bond acceptors (Lipinski definition) is 3. The topological polar surface area (TPSA) is 55.5 Å². The lowest BCUT2D eigenvalue weighted by Gasteiger charge is -2.21. The van der Waals surface area contributed by atoms with E-state index in [9.17, 15) is 5.11 Å². The van der Waals surface area contributed by atoms with Crippen LogP contribution in [0.1, 0.15) is 17.9 Å². The van der Waals surface area contributed by atoms with Gasteiger partial charge in [-0.15, -0.1) is 0 Å². The van der Waals surface area contributed by atoms with Crippen LogP contribution in [0.4, 0.5) is 0 Å². The lowest BCUT2D eigenvalue weighted by atomic mass is 9.85. The Balaban J connectivity index is 2.18. The number of hydrogen-bond donors (Lipinski definition) is 2. The van der Waals surface area contributed by atoms with E-state index in [1.54, 1.807) is 12.1 Å². The van der Waals surface area contributed by atoms with Crippen molar-refractivity contribution in [2.75, 3.05) is 19.8 Å². The summed E-state index contributed by atoms with van der Waals surface area (Å²) >= 11 is 0. The van der Waals surface area contributed by atoms with Gasteiger partial charge in [0.05, 0.1) is 6.61 Å². The van der Waals surface area contributed by atoms with E-state index in [-0.39, 0.29) is 0 Å². The molecule has 0 amide bonds. The third-order valence-electron chi connectivity index (χ3n) is 3.09. The van der Waals surface area contributed by atoms with E-state index in [1.807, 2.05) is 12.1 Å². The second kappa shape index (κ2) is 4.64. The molecule has 1 fully saturated rings. The summed E-state index contributed by atoms with van der Waals surface area (Å²) in [6.45, 7) is 2.23. The van der Waals surface area contributed by atoms with Crippen molar-refractivity contribution in [2.45, 2.75) is 12.3 Å². The van der Waals surface area contributed by atoms with Crippen molar-refractivity contribution < 1.29 is 9.84 Å². The van der Waals surface area contributed by atoms with Crippen LogP contribution in [0.15, 0.2) is 24.3 Å². The molecule has 1 aromatic rings. The van der Waals surface area contributed by atoms with Crippen LogP contribution in [0, 0.1) is 5.92 Å². The highest BCUT2D eigenvalue weighted by molar-refractivity contribution is 5.30. The second-order valence-corrected chi connectivity index (χ2v) is 4.06. The Kier molecular flexibility index (Phi) is 3.23. The number of nitrogens with two attached hydrogens (primary N) is 1. The minimum atomic E-state index is 0.305. The molecule has 82 valence electrons. The lowest BCUT2D eigenvalue weighted by Crippen LogP contribution is -2.21.